The minimum Gasteiger partial charge on any atom is -0.496 e. The summed E-state index contributed by atoms with van der Waals surface area (Å²) in [6, 6.07) is 5.94. The van der Waals surface area contributed by atoms with Crippen LogP contribution in [0.5, 0.6) is 5.75 Å². The van der Waals surface area contributed by atoms with Crippen molar-refractivity contribution in [3.05, 3.63) is 58.4 Å². The monoisotopic (exact) mass is 493 g/mol. The van der Waals surface area contributed by atoms with Crippen LogP contribution in [0.15, 0.2) is 41.3 Å². The number of carbonyl (C=O) groups is 1. The Hall–Kier alpha value is -2.33. The Labute approximate surface area is 187 Å². The number of halogens is 5. The summed E-state index contributed by atoms with van der Waals surface area (Å²) in [6.45, 7) is 0. The SMILES string of the molecule is COc1cc(Cl)ccc1C(=O)NC1CCC(S(=O)(=O)c2ccc(F)c(C(F)(F)F)c2)CC1. The van der Waals surface area contributed by atoms with Gasteiger partial charge in [0.15, 0.2) is 9.84 Å². The third kappa shape index (κ3) is 5.17. The molecule has 3 rings (SSSR count). The van der Waals surface area contributed by atoms with Crippen molar-refractivity contribution >= 4 is 27.3 Å². The van der Waals surface area contributed by atoms with E-state index < -0.39 is 43.4 Å². The Morgan fingerprint density at radius 1 is 1.09 bits per heavy atom. The number of amides is 1. The van der Waals surface area contributed by atoms with E-state index in [2.05, 4.69) is 5.32 Å². The number of benzene rings is 2. The molecule has 0 aliphatic heterocycles. The molecule has 1 fully saturated rings. The highest BCUT2D eigenvalue weighted by Gasteiger charge is 2.38. The predicted molar refractivity (Wildman–Crippen MR) is 110 cm³/mol. The van der Waals surface area contributed by atoms with E-state index in [0.29, 0.717) is 35.7 Å². The van der Waals surface area contributed by atoms with Crippen molar-refractivity contribution < 1.29 is 35.5 Å². The van der Waals surface area contributed by atoms with E-state index >= 15 is 0 Å². The van der Waals surface area contributed by atoms with Gasteiger partial charge in [0.1, 0.15) is 11.6 Å². The molecule has 1 aliphatic carbocycles. The first-order valence-electron chi connectivity index (χ1n) is 9.68. The number of carbonyl (C=O) groups excluding carboxylic acids is 1. The summed E-state index contributed by atoms with van der Waals surface area (Å²) in [6.07, 6.45) is -4.08. The number of ether oxygens (including phenoxy) is 1. The standard InChI is InChI=1S/C21H20ClF4NO4S/c1-31-19-10-12(22)2-8-16(19)20(28)27-13-3-5-14(6-4-13)32(29,30)15-7-9-18(23)17(11-15)21(24,25)26/h2,7-11,13-14H,3-6H2,1H3,(H,27,28). The van der Waals surface area contributed by atoms with Crippen LogP contribution in [0.25, 0.3) is 0 Å². The molecular formula is C21H20ClF4NO4S. The summed E-state index contributed by atoms with van der Waals surface area (Å²) in [7, 11) is -2.69. The summed E-state index contributed by atoms with van der Waals surface area (Å²) in [5.41, 5.74) is -1.34. The summed E-state index contributed by atoms with van der Waals surface area (Å²) < 4.78 is 83.2. The summed E-state index contributed by atoms with van der Waals surface area (Å²) in [5.74, 6) is -1.64. The third-order valence-corrected chi connectivity index (χ3v) is 7.92. The zero-order chi connectivity index (χ0) is 23.7. The largest absolute Gasteiger partial charge is 0.496 e. The van der Waals surface area contributed by atoms with Gasteiger partial charge < -0.3 is 10.1 Å². The lowest BCUT2D eigenvalue weighted by molar-refractivity contribution is -0.140. The van der Waals surface area contributed by atoms with Gasteiger partial charge in [0.05, 0.1) is 28.4 Å². The molecule has 5 nitrogen and oxygen atoms in total. The van der Waals surface area contributed by atoms with Crippen LogP contribution in [0.4, 0.5) is 17.6 Å². The van der Waals surface area contributed by atoms with Crippen LogP contribution in [0.3, 0.4) is 0 Å². The highest BCUT2D eigenvalue weighted by molar-refractivity contribution is 7.92. The van der Waals surface area contributed by atoms with Crippen LogP contribution >= 0.6 is 11.6 Å². The third-order valence-electron chi connectivity index (χ3n) is 5.43. The molecule has 1 amide bonds. The molecule has 174 valence electrons. The van der Waals surface area contributed by atoms with Crippen LogP contribution < -0.4 is 10.1 Å². The topological polar surface area (TPSA) is 72.5 Å². The van der Waals surface area contributed by atoms with Crippen LogP contribution in [0.2, 0.25) is 5.02 Å². The Bertz CT molecular complexity index is 1110. The van der Waals surface area contributed by atoms with Crippen molar-refractivity contribution in [3.63, 3.8) is 0 Å². The second-order valence-electron chi connectivity index (χ2n) is 7.48. The Morgan fingerprint density at radius 3 is 2.34 bits per heavy atom. The van der Waals surface area contributed by atoms with Crippen LogP contribution in [-0.2, 0) is 16.0 Å². The molecule has 0 unspecified atom stereocenters. The first kappa shape index (κ1) is 24.3. The maximum absolute atomic E-state index is 13.5. The van der Waals surface area contributed by atoms with Crippen molar-refractivity contribution in [1.29, 1.82) is 0 Å². The molecule has 0 radical (unpaired) electrons. The highest BCUT2D eigenvalue weighted by Crippen LogP contribution is 2.35. The van der Waals surface area contributed by atoms with E-state index in [1.54, 1.807) is 6.07 Å². The Morgan fingerprint density at radius 2 is 1.75 bits per heavy atom. The van der Waals surface area contributed by atoms with Gasteiger partial charge in [0.25, 0.3) is 5.91 Å². The predicted octanol–water partition coefficient (Wildman–Crippen LogP) is 5.02. The van der Waals surface area contributed by atoms with Gasteiger partial charge in [-0.15, -0.1) is 0 Å². The molecule has 1 saturated carbocycles. The van der Waals surface area contributed by atoms with Crippen molar-refractivity contribution in [3.8, 4) is 5.75 Å². The fraction of sp³-hybridized carbons (Fsp3) is 0.381. The molecule has 0 atom stereocenters. The van der Waals surface area contributed by atoms with Crippen molar-refractivity contribution in [2.45, 2.75) is 48.0 Å². The molecule has 32 heavy (non-hydrogen) atoms. The number of alkyl halides is 3. The highest BCUT2D eigenvalue weighted by atomic mass is 35.5. The molecule has 0 heterocycles. The number of sulfone groups is 1. The van der Waals surface area contributed by atoms with E-state index in [4.69, 9.17) is 16.3 Å². The number of nitrogens with one attached hydrogen (secondary N) is 1. The number of rotatable bonds is 5. The fourth-order valence-corrected chi connectivity index (χ4v) is 5.70. The van der Waals surface area contributed by atoms with E-state index in [9.17, 15) is 30.8 Å². The smallest absolute Gasteiger partial charge is 0.419 e. The van der Waals surface area contributed by atoms with Crippen molar-refractivity contribution in [2.24, 2.45) is 0 Å². The van der Waals surface area contributed by atoms with Crippen molar-refractivity contribution in [1.82, 2.24) is 5.32 Å². The van der Waals surface area contributed by atoms with E-state index in [1.165, 1.54) is 19.2 Å². The zero-order valence-electron chi connectivity index (χ0n) is 16.9. The maximum Gasteiger partial charge on any atom is 0.419 e. The van der Waals surface area contributed by atoms with Gasteiger partial charge in [-0.25, -0.2) is 12.8 Å². The zero-order valence-corrected chi connectivity index (χ0v) is 18.5. The van der Waals surface area contributed by atoms with Crippen LogP contribution in [0, 0.1) is 5.82 Å². The van der Waals surface area contributed by atoms with E-state index in [-0.39, 0.29) is 24.4 Å². The minimum atomic E-state index is -5.00. The molecule has 2 aromatic rings. The van der Waals surface area contributed by atoms with Gasteiger partial charge in [-0.3, -0.25) is 4.79 Å². The summed E-state index contributed by atoms with van der Waals surface area (Å²) >= 11 is 5.89. The lowest BCUT2D eigenvalue weighted by Gasteiger charge is -2.29. The molecule has 0 saturated heterocycles. The first-order chi connectivity index (χ1) is 14.9. The van der Waals surface area contributed by atoms with Gasteiger partial charge in [0.2, 0.25) is 0 Å². The molecule has 2 aromatic carbocycles. The Kier molecular flexibility index (Phi) is 7.04. The number of hydrogen-bond donors (Lipinski definition) is 1. The van der Waals surface area contributed by atoms with Gasteiger partial charge in [-0.05, 0) is 62.1 Å². The van der Waals surface area contributed by atoms with Crippen molar-refractivity contribution in [2.75, 3.05) is 7.11 Å². The maximum atomic E-state index is 13.5. The molecule has 1 aliphatic rings. The molecule has 0 bridgehead atoms. The van der Waals surface area contributed by atoms with E-state index in [1.807, 2.05) is 0 Å². The summed E-state index contributed by atoms with van der Waals surface area (Å²) in [4.78, 5) is 12.0. The Balaban J connectivity index is 1.69. The molecule has 0 spiro atoms. The fourth-order valence-electron chi connectivity index (χ4n) is 3.72. The van der Waals surface area contributed by atoms with Gasteiger partial charge in [0, 0.05) is 11.1 Å². The molecule has 0 aromatic heterocycles. The number of hydrogen-bond acceptors (Lipinski definition) is 4. The molecule has 1 N–H and O–H groups in total. The lowest BCUT2D eigenvalue weighted by atomic mass is 9.94. The summed E-state index contributed by atoms with van der Waals surface area (Å²) in [5, 5.41) is 2.30. The molecule has 11 heteroatoms. The average Bonchev–Trinajstić information content (AvgIpc) is 2.73. The first-order valence-corrected chi connectivity index (χ1v) is 11.6. The van der Waals surface area contributed by atoms with E-state index in [0.717, 1.165) is 6.07 Å². The van der Waals surface area contributed by atoms with Crippen LogP contribution in [0.1, 0.15) is 41.6 Å². The minimum absolute atomic E-state index is 0.143. The normalized spacial score (nSPS) is 19.4. The lowest BCUT2D eigenvalue weighted by Crippen LogP contribution is -2.40. The van der Waals surface area contributed by atoms with Crippen LogP contribution in [-0.4, -0.2) is 32.7 Å². The molecular weight excluding hydrogens is 474 g/mol. The van der Waals surface area contributed by atoms with Gasteiger partial charge >= 0.3 is 6.18 Å². The second kappa shape index (κ2) is 9.27. The quantitative estimate of drug-likeness (QED) is 0.469. The van der Waals surface area contributed by atoms with Gasteiger partial charge in [-0.1, -0.05) is 11.6 Å². The second-order valence-corrected chi connectivity index (χ2v) is 10.1. The van der Waals surface area contributed by atoms with Gasteiger partial charge in [-0.2, -0.15) is 13.2 Å². The number of methoxy groups -OCH3 is 1. The average molecular weight is 494 g/mol.